The Labute approximate surface area is 189 Å². The summed E-state index contributed by atoms with van der Waals surface area (Å²) in [4.78, 5) is 12.5. The normalized spacial score (nSPS) is 15.3. The highest BCUT2D eigenvalue weighted by Gasteiger charge is 2.28. The van der Waals surface area contributed by atoms with Crippen molar-refractivity contribution in [3.8, 4) is 5.75 Å². The van der Waals surface area contributed by atoms with E-state index in [2.05, 4.69) is 11.4 Å². The molecule has 0 aliphatic carbocycles. The van der Waals surface area contributed by atoms with Crippen LogP contribution in [0.4, 0.5) is 0 Å². The van der Waals surface area contributed by atoms with Gasteiger partial charge in [0.2, 0.25) is 10.0 Å². The van der Waals surface area contributed by atoms with E-state index < -0.39 is 10.0 Å². The van der Waals surface area contributed by atoms with Gasteiger partial charge in [0.15, 0.2) is 0 Å². The first-order valence-electron chi connectivity index (χ1n) is 10.6. The maximum atomic E-state index is 13.1. The minimum absolute atomic E-state index is 0.0183. The minimum Gasteiger partial charge on any atom is -0.492 e. The van der Waals surface area contributed by atoms with Crippen molar-refractivity contribution in [2.24, 2.45) is 0 Å². The third-order valence-corrected chi connectivity index (χ3v) is 7.61. The Morgan fingerprint density at radius 3 is 2.32 bits per heavy atom. The molecule has 8 heteroatoms. The van der Waals surface area contributed by atoms with E-state index >= 15 is 0 Å². The molecule has 31 heavy (non-hydrogen) atoms. The van der Waals surface area contributed by atoms with Gasteiger partial charge in [0.1, 0.15) is 17.3 Å². The molecule has 1 aliphatic rings. The number of nitrogens with one attached hydrogen (secondary N) is 1. The van der Waals surface area contributed by atoms with Crippen LogP contribution in [0.25, 0.3) is 0 Å². The molecule has 1 saturated heterocycles. The van der Waals surface area contributed by atoms with Gasteiger partial charge in [-0.15, -0.1) is 0 Å². The quantitative estimate of drug-likeness (QED) is 0.619. The average molecular weight is 465 g/mol. The third kappa shape index (κ3) is 6.21. The van der Waals surface area contributed by atoms with Gasteiger partial charge >= 0.3 is 0 Å². The SMILES string of the molecule is Cc1cc(C)cc(OCCNC(=O)c2ccc(Cl)c(S(=O)(=O)N3CCCCCC3)c2)c1. The number of aryl methyl sites for hydroxylation is 2. The molecule has 0 unspecified atom stereocenters. The van der Waals surface area contributed by atoms with Crippen molar-refractivity contribution < 1.29 is 17.9 Å². The number of rotatable bonds is 7. The van der Waals surface area contributed by atoms with Crippen molar-refractivity contribution in [3.05, 3.63) is 58.1 Å². The molecule has 2 aromatic carbocycles. The molecule has 1 heterocycles. The van der Waals surface area contributed by atoms with Crippen molar-refractivity contribution in [3.63, 3.8) is 0 Å². The second-order valence-electron chi connectivity index (χ2n) is 7.89. The maximum absolute atomic E-state index is 13.1. The average Bonchev–Trinajstić information content (AvgIpc) is 3.01. The van der Waals surface area contributed by atoms with Crippen LogP contribution < -0.4 is 10.1 Å². The second-order valence-corrected chi connectivity index (χ2v) is 10.2. The summed E-state index contributed by atoms with van der Waals surface area (Å²) in [6.45, 7) is 5.55. The van der Waals surface area contributed by atoms with Crippen LogP contribution in [-0.2, 0) is 10.0 Å². The summed E-state index contributed by atoms with van der Waals surface area (Å²) in [7, 11) is -3.74. The number of carbonyl (C=O) groups excluding carboxylic acids is 1. The topological polar surface area (TPSA) is 75.7 Å². The first-order chi connectivity index (χ1) is 14.8. The number of ether oxygens (including phenoxy) is 1. The molecular weight excluding hydrogens is 436 g/mol. The molecule has 0 saturated carbocycles. The molecule has 0 atom stereocenters. The van der Waals surface area contributed by atoms with Gasteiger partial charge < -0.3 is 10.1 Å². The van der Waals surface area contributed by atoms with Crippen molar-refractivity contribution in [1.29, 1.82) is 0 Å². The number of hydrogen-bond donors (Lipinski definition) is 1. The molecular formula is C23H29ClN2O4S. The standard InChI is InChI=1S/C23H29ClN2O4S/c1-17-13-18(2)15-20(14-17)30-12-9-25-23(27)19-7-8-21(24)22(16-19)31(28,29)26-10-5-3-4-6-11-26/h7-8,13-16H,3-6,9-12H2,1-2H3,(H,25,27). The highest BCUT2D eigenvalue weighted by Crippen LogP contribution is 2.27. The number of hydrogen-bond acceptors (Lipinski definition) is 4. The van der Waals surface area contributed by atoms with E-state index in [0.29, 0.717) is 26.2 Å². The Kier molecular flexibility index (Phi) is 7.97. The second kappa shape index (κ2) is 10.5. The molecule has 1 aliphatic heterocycles. The zero-order valence-corrected chi connectivity index (χ0v) is 19.6. The van der Waals surface area contributed by atoms with Gasteiger partial charge in [-0.3, -0.25) is 4.79 Å². The van der Waals surface area contributed by atoms with E-state index in [0.717, 1.165) is 42.6 Å². The van der Waals surface area contributed by atoms with E-state index in [1.165, 1.54) is 22.5 Å². The molecule has 0 radical (unpaired) electrons. The van der Waals surface area contributed by atoms with Gasteiger partial charge in [0, 0.05) is 18.7 Å². The predicted molar refractivity (Wildman–Crippen MR) is 122 cm³/mol. The van der Waals surface area contributed by atoms with Crippen LogP contribution in [-0.4, -0.2) is 44.9 Å². The van der Waals surface area contributed by atoms with Crippen molar-refractivity contribution >= 4 is 27.5 Å². The first kappa shape index (κ1) is 23.6. The maximum Gasteiger partial charge on any atom is 0.251 e. The van der Waals surface area contributed by atoms with Crippen LogP contribution >= 0.6 is 11.6 Å². The van der Waals surface area contributed by atoms with Gasteiger partial charge in [-0.05, 0) is 68.1 Å². The van der Waals surface area contributed by atoms with Crippen LogP contribution in [0.15, 0.2) is 41.3 Å². The summed E-state index contributed by atoms with van der Waals surface area (Å²) in [5.74, 6) is 0.386. The van der Waals surface area contributed by atoms with E-state index in [9.17, 15) is 13.2 Å². The Hall–Kier alpha value is -2.09. The fourth-order valence-corrected chi connectivity index (χ4v) is 5.73. The van der Waals surface area contributed by atoms with E-state index in [1.54, 1.807) is 0 Å². The summed E-state index contributed by atoms with van der Waals surface area (Å²) in [6.07, 6.45) is 3.70. The van der Waals surface area contributed by atoms with Crippen molar-refractivity contribution in [2.75, 3.05) is 26.2 Å². The minimum atomic E-state index is -3.74. The molecule has 0 bridgehead atoms. The molecule has 1 N–H and O–H groups in total. The van der Waals surface area contributed by atoms with Crippen LogP contribution in [0.2, 0.25) is 5.02 Å². The van der Waals surface area contributed by atoms with Gasteiger partial charge in [-0.25, -0.2) is 8.42 Å². The number of carbonyl (C=O) groups is 1. The third-order valence-electron chi connectivity index (χ3n) is 5.23. The van der Waals surface area contributed by atoms with Crippen molar-refractivity contribution in [2.45, 2.75) is 44.4 Å². The number of halogens is 1. The molecule has 6 nitrogen and oxygen atoms in total. The predicted octanol–water partition coefficient (Wildman–Crippen LogP) is 4.33. The monoisotopic (exact) mass is 464 g/mol. The molecule has 2 aromatic rings. The highest BCUT2D eigenvalue weighted by molar-refractivity contribution is 7.89. The molecule has 0 spiro atoms. The summed E-state index contributed by atoms with van der Waals surface area (Å²) >= 11 is 6.21. The molecule has 3 rings (SSSR count). The highest BCUT2D eigenvalue weighted by atomic mass is 35.5. The van der Waals surface area contributed by atoms with Gasteiger partial charge in [-0.2, -0.15) is 4.31 Å². The summed E-state index contributed by atoms with van der Waals surface area (Å²) < 4.78 is 33.4. The summed E-state index contributed by atoms with van der Waals surface area (Å²) in [5.41, 5.74) is 2.47. The lowest BCUT2D eigenvalue weighted by Gasteiger charge is -2.21. The first-order valence-corrected chi connectivity index (χ1v) is 12.4. The fourth-order valence-electron chi connectivity index (χ4n) is 3.72. The van der Waals surface area contributed by atoms with E-state index in [-0.39, 0.29) is 21.4 Å². The van der Waals surface area contributed by atoms with E-state index in [4.69, 9.17) is 16.3 Å². The largest absolute Gasteiger partial charge is 0.492 e. The molecule has 1 fully saturated rings. The van der Waals surface area contributed by atoms with Crippen LogP contribution in [0, 0.1) is 13.8 Å². The molecule has 0 aromatic heterocycles. The van der Waals surface area contributed by atoms with Gasteiger partial charge in [0.05, 0.1) is 11.6 Å². The number of nitrogens with zero attached hydrogens (tertiary/aromatic N) is 1. The van der Waals surface area contributed by atoms with Gasteiger partial charge in [-0.1, -0.05) is 30.5 Å². The lowest BCUT2D eigenvalue weighted by Crippen LogP contribution is -2.32. The van der Waals surface area contributed by atoms with Crippen LogP contribution in [0.5, 0.6) is 5.75 Å². The van der Waals surface area contributed by atoms with E-state index in [1.807, 2.05) is 26.0 Å². The Morgan fingerprint density at radius 1 is 1.03 bits per heavy atom. The lowest BCUT2D eigenvalue weighted by molar-refractivity contribution is 0.0946. The Morgan fingerprint density at radius 2 is 1.68 bits per heavy atom. The van der Waals surface area contributed by atoms with Crippen molar-refractivity contribution in [1.82, 2.24) is 9.62 Å². The fraction of sp³-hybridized carbons (Fsp3) is 0.435. The lowest BCUT2D eigenvalue weighted by atomic mass is 10.1. The molecule has 168 valence electrons. The molecule has 1 amide bonds. The number of sulfonamides is 1. The van der Waals surface area contributed by atoms with Crippen LogP contribution in [0.3, 0.4) is 0 Å². The Bertz CT molecular complexity index is 1010. The zero-order valence-electron chi connectivity index (χ0n) is 18.0. The van der Waals surface area contributed by atoms with Gasteiger partial charge in [0.25, 0.3) is 5.91 Å². The van der Waals surface area contributed by atoms with Crippen LogP contribution in [0.1, 0.15) is 47.2 Å². The summed E-state index contributed by atoms with van der Waals surface area (Å²) in [5, 5.41) is 2.89. The number of amides is 1. The summed E-state index contributed by atoms with van der Waals surface area (Å²) in [6, 6.07) is 10.3. The Balaban J connectivity index is 1.64. The smallest absolute Gasteiger partial charge is 0.251 e. The zero-order chi connectivity index (χ0) is 22.4. The number of benzene rings is 2.